The molecule has 0 aliphatic carbocycles. The lowest BCUT2D eigenvalue weighted by atomic mass is 9.80. The van der Waals surface area contributed by atoms with Crippen LogP contribution in [0.3, 0.4) is 0 Å². The summed E-state index contributed by atoms with van der Waals surface area (Å²) in [5.74, 6) is -2.05. The van der Waals surface area contributed by atoms with Gasteiger partial charge in [0.05, 0.1) is 12.7 Å². The summed E-state index contributed by atoms with van der Waals surface area (Å²) in [5, 5.41) is 20.7. The summed E-state index contributed by atoms with van der Waals surface area (Å²) in [6, 6.07) is 29.6. The Morgan fingerprint density at radius 2 is 1.21 bits per heavy atom. The van der Waals surface area contributed by atoms with Gasteiger partial charge in [-0.1, -0.05) is 130 Å². The number of aliphatic hydroxyl groups excluding tert-OH is 1. The van der Waals surface area contributed by atoms with Crippen molar-refractivity contribution in [2.45, 2.75) is 57.2 Å². The smallest absolute Gasteiger partial charge is 0.311 e. The highest BCUT2D eigenvalue weighted by Gasteiger charge is 2.39. The van der Waals surface area contributed by atoms with Crippen molar-refractivity contribution in [1.82, 2.24) is 0 Å². The van der Waals surface area contributed by atoms with E-state index >= 15 is 0 Å². The fourth-order valence-electron chi connectivity index (χ4n) is 4.49. The predicted octanol–water partition coefficient (Wildman–Crippen LogP) is 6.42. The van der Waals surface area contributed by atoms with E-state index in [0.717, 1.165) is 48.8 Å². The van der Waals surface area contributed by atoms with E-state index in [-0.39, 0.29) is 6.61 Å². The van der Waals surface area contributed by atoms with Gasteiger partial charge in [-0.15, -0.1) is 0 Å². The normalized spacial score (nSPS) is 13.4. The molecule has 0 saturated carbocycles. The van der Waals surface area contributed by atoms with Crippen LogP contribution >= 0.6 is 0 Å². The molecule has 2 atom stereocenters. The highest BCUT2D eigenvalue weighted by Crippen LogP contribution is 2.41. The maximum absolute atomic E-state index is 12.2. The topological polar surface area (TPSA) is 66.8 Å². The minimum absolute atomic E-state index is 0.107. The van der Waals surface area contributed by atoms with Crippen LogP contribution in [-0.4, -0.2) is 28.9 Å². The van der Waals surface area contributed by atoms with Gasteiger partial charge in [-0.2, -0.15) is 0 Å². The van der Waals surface area contributed by atoms with Crippen LogP contribution in [0.25, 0.3) is 0 Å². The number of rotatable bonds is 14. The summed E-state index contributed by atoms with van der Waals surface area (Å²) in [7, 11) is 0. The van der Waals surface area contributed by atoms with Crippen molar-refractivity contribution in [2.75, 3.05) is 6.61 Å². The molecule has 4 heteroatoms. The molecule has 0 spiro atoms. The third-order valence-electron chi connectivity index (χ3n) is 6.41. The minimum atomic E-state index is -1.04. The molecule has 0 saturated heterocycles. The third kappa shape index (κ3) is 6.34. The number of ether oxygens (including phenoxy) is 1. The van der Waals surface area contributed by atoms with Crippen molar-refractivity contribution in [3.63, 3.8) is 0 Å². The molecule has 0 aromatic heterocycles. The highest BCUT2D eigenvalue weighted by atomic mass is 16.5. The standard InChI is InChI=1S/C30H36O4/c1-2-3-4-5-15-22-28(31)27(29(32)33)23-34-30(24-16-9-6-10-17-24,25-18-11-7-12-19-25)26-20-13-8-14-21-26/h6-14,16-21,27-28,31H,2-5,15,22-23H2,1H3,(H,32,33)/t27-,28-/m0/s1. The van der Waals surface area contributed by atoms with Crippen molar-refractivity contribution in [1.29, 1.82) is 0 Å². The first-order chi connectivity index (χ1) is 16.6. The van der Waals surface area contributed by atoms with Gasteiger partial charge in [-0.3, -0.25) is 4.79 Å². The summed E-state index contributed by atoms with van der Waals surface area (Å²) in [4.78, 5) is 12.2. The number of carboxylic acid groups (broad SMARTS) is 1. The van der Waals surface area contributed by atoms with Gasteiger partial charge in [0.1, 0.15) is 11.5 Å². The van der Waals surface area contributed by atoms with Crippen LogP contribution in [-0.2, 0) is 15.1 Å². The Hall–Kier alpha value is -2.95. The lowest BCUT2D eigenvalue weighted by Crippen LogP contribution is -2.39. The Morgan fingerprint density at radius 3 is 1.62 bits per heavy atom. The van der Waals surface area contributed by atoms with E-state index in [1.807, 2.05) is 91.0 Å². The van der Waals surface area contributed by atoms with Crippen LogP contribution < -0.4 is 0 Å². The molecule has 0 bridgehead atoms. The molecule has 0 fully saturated rings. The summed E-state index contributed by atoms with van der Waals surface area (Å²) < 4.78 is 6.64. The fraction of sp³-hybridized carbons (Fsp3) is 0.367. The zero-order valence-corrected chi connectivity index (χ0v) is 20.0. The quantitative estimate of drug-likeness (QED) is 0.215. The van der Waals surface area contributed by atoms with Crippen molar-refractivity contribution in [2.24, 2.45) is 5.92 Å². The second-order valence-electron chi connectivity index (χ2n) is 8.81. The van der Waals surface area contributed by atoms with Crippen LogP contribution in [0.1, 0.15) is 62.1 Å². The first-order valence-electron chi connectivity index (χ1n) is 12.3. The number of unbranched alkanes of at least 4 members (excludes halogenated alkanes) is 4. The van der Waals surface area contributed by atoms with E-state index in [9.17, 15) is 15.0 Å². The van der Waals surface area contributed by atoms with Gasteiger partial charge in [-0.05, 0) is 23.1 Å². The molecule has 0 heterocycles. The average Bonchev–Trinajstić information content (AvgIpc) is 2.88. The van der Waals surface area contributed by atoms with Gasteiger partial charge in [0.15, 0.2) is 0 Å². The molecular formula is C30H36O4. The molecule has 180 valence electrons. The highest BCUT2D eigenvalue weighted by molar-refractivity contribution is 5.70. The molecule has 4 nitrogen and oxygen atoms in total. The number of carboxylic acids is 1. The largest absolute Gasteiger partial charge is 0.481 e. The molecule has 0 amide bonds. The number of carbonyl (C=O) groups is 1. The Morgan fingerprint density at radius 1 is 0.765 bits per heavy atom. The lowest BCUT2D eigenvalue weighted by Gasteiger charge is -2.37. The van der Waals surface area contributed by atoms with Crippen LogP contribution in [0, 0.1) is 5.92 Å². The van der Waals surface area contributed by atoms with Crippen LogP contribution in [0.2, 0.25) is 0 Å². The van der Waals surface area contributed by atoms with E-state index in [1.165, 1.54) is 0 Å². The average molecular weight is 461 g/mol. The van der Waals surface area contributed by atoms with Gasteiger partial charge < -0.3 is 14.9 Å². The molecule has 3 rings (SSSR count). The van der Waals surface area contributed by atoms with Crippen LogP contribution in [0.15, 0.2) is 91.0 Å². The number of hydrogen-bond donors (Lipinski definition) is 2. The molecule has 3 aromatic carbocycles. The van der Waals surface area contributed by atoms with Crippen molar-refractivity contribution in [3.05, 3.63) is 108 Å². The molecule has 0 radical (unpaired) electrons. The predicted molar refractivity (Wildman–Crippen MR) is 136 cm³/mol. The zero-order valence-electron chi connectivity index (χ0n) is 20.0. The first kappa shape index (κ1) is 25.7. The molecule has 3 aromatic rings. The van der Waals surface area contributed by atoms with Crippen molar-refractivity contribution < 1.29 is 19.7 Å². The summed E-state index contributed by atoms with van der Waals surface area (Å²) in [5.41, 5.74) is 1.72. The summed E-state index contributed by atoms with van der Waals surface area (Å²) in [6.07, 6.45) is 4.73. The van der Waals surface area contributed by atoms with Crippen LogP contribution in [0.4, 0.5) is 0 Å². The number of hydrogen-bond acceptors (Lipinski definition) is 3. The second kappa shape index (κ2) is 13.1. The van der Waals surface area contributed by atoms with E-state index in [2.05, 4.69) is 6.92 Å². The molecule has 0 aliphatic rings. The number of benzene rings is 3. The lowest BCUT2D eigenvalue weighted by molar-refractivity contribution is -0.151. The third-order valence-corrected chi connectivity index (χ3v) is 6.41. The van der Waals surface area contributed by atoms with E-state index in [4.69, 9.17) is 4.74 Å². The monoisotopic (exact) mass is 460 g/mol. The maximum atomic E-state index is 12.2. The van der Waals surface area contributed by atoms with Gasteiger partial charge in [0, 0.05) is 0 Å². The fourth-order valence-corrected chi connectivity index (χ4v) is 4.49. The molecule has 2 N–H and O–H groups in total. The second-order valence-corrected chi connectivity index (χ2v) is 8.81. The number of aliphatic carboxylic acids is 1. The SMILES string of the molecule is CCCCCCC[C@H](O)[C@H](COC(c1ccccc1)(c1ccccc1)c1ccccc1)C(=O)O. The summed E-state index contributed by atoms with van der Waals surface area (Å²) in [6.45, 7) is 2.05. The van der Waals surface area contributed by atoms with E-state index in [0.29, 0.717) is 6.42 Å². The van der Waals surface area contributed by atoms with Gasteiger partial charge >= 0.3 is 5.97 Å². The molecule has 0 aliphatic heterocycles. The Kier molecular flexibility index (Phi) is 9.87. The van der Waals surface area contributed by atoms with Crippen molar-refractivity contribution >= 4 is 5.97 Å². The maximum Gasteiger partial charge on any atom is 0.311 e. The zero-order chi connectivity index (χ0) is 24.2. The Labute approximate surface area is 203 Å². The van der Waals surface area contributed by atoms with E-state index < -0.39 is 23.6 Å². The molecule has 34 heavy (non-hydrogen) atoms. The summed E-state index contributed by atoms with van der Waals surface area (Å²) >= 11 is 0. The first-order valence-corrected chi connectivity index (χ1v) is 12.3. The van der Waals surface area contributed by atoms with E-state index in [1.54, 1.807) is 0 Å². The minimum Gasteiger partial charge on any atom is -0.481 e. The number of aliphatic hydroxyl groups is 1. The van der Waals surface area contributed by atoms with Crippen molar-refractivity contribution in [3.8, 4) is 0 Å². The van der Waals surface area contributed by atoms with Crippen LogP contribution in [0.5, 0.6) is 0 Å². The Balaban J connectivity index is 1.93. The molecule has 0 unspecified atom stereocenters. The Bertz CT molecular complexity index is 876. The van der Waals surface area contributed by atoms with Gasteiger partial charge in [0.25, 0.3) is 0 Å². The molecular weight excluding hydrogens is 424 g/mol. The van der Waals surface area contributed by atoms with Gasteiger partial charge in [0.2, 0.25) is 0 Å². The van der Waals surface area contributed by atoms with Gasteiger partial charge in [-0.25, -0.2) is 0 Å².